The Balaban J connectivity index is 1.78. The highest BCUT2D eigenvalue weighted by Gasteiger charge is 2.31. The molecule has 2 aromatic carbocycles. The first kappa shape index (κ1) is 22.9. The number of phenolic OH excluding ortho intramolecular Hbond substituents is 1. The summed E-state index contributed by atoms with van der Waals surface area (Å²) < 4.78 is 16.5. The van der Waals surface area contributed by atoms with Gasteiger partial charge in [-0.2, -0.15) is 0 Å². The number of Topliss-reactive ketones (excluding diaryl/α,β-unsaturated/α-hetero) is 1. The zero-order chi connectivity index (χ0) is 23.4. The van der Waals surface area contributed by atoms with Gasteiger partial charge in [0.15, 0.2) is 5.78 Å². The summed E-state index contributed by atoms with van der Waals surface area (Å²) in [6.45, 7) is 4.61. The van der Waals surface area contributed by atoms with Crippen LogP contribution in [0.2, 0.25) is 0 Å². The van der Waals surface area contributed by atoms with E-state index in [0.29, 0.717) is 24.4 Å². The molecule has 2 amide bonds. The van der Waals surface area contributed by atoms with Gasteiger partial charge in [-0.1, -0.05) is 12.1 Å². The number of aromatic hydroxyl groups is 1. The van der Waals surface area contributed by atoms with E-state index in [2.05, 4.69) is 0 Å². The highest BCUT2D eigenvalue weighted by atomic mass is 16.6. The van der Waals surface area contributed by atoms with Crippen molar-refractivity contribution in [3.05, 3.63) is 47.5 Å². The van der Waals surface area contributed by atoms with Crippen molar-refractivity contribution < 1.29 is 33.7 Å². The normalized spacial score (nSPS) is 14.8. The first-order chi connectivity index (χ1) is 15.2. The molecule has 1 aliphatic heterocycles. The summed E-state index contributed by atoms with van der Waals surface area (Å²) in [5, 5.41) is 10.3. The lowest BCUT2D eigenvalue weighted by Crippen LogP contribution is -2.29. The maximum atomic E-state index is 12.7. The van der Waals surface area contributed by atoms with E-state index < -0.39 is 18.3 Å². The van der Waals surface area contributed by atoms with Crippen LogP contribution in [0.5, 0.6) is 23.0 Å². The van der Waals surface area contributed by atoms with Crippen molar-refractivity contribution in [3.63, 3.8) is 0 Å². The molecule has 32 heavy (non-hydrogen) atoms. The molecular formula is C23H26N2O7. The number of benzene rings is 2. The Morgan fingerprint density at radius 1 is 1.00 bits per heavy atom. The Bertz CT molecular complexity index is 1020. The Hall–Kier alpha value is -3.75. The molecule has 1 N–H and O–H groups in total. The minimum absolute atomic E-state index is 0.0238. The number of rotatable bonds is 5. The zero-order valence-electron chi connectivity index (χ0n) is 18.5. The fourth-order valence-electron chi connectivity index (χ4n) is 3.03. The third-order valence-corrected chi connectivity index (χ3v) is 5.21. The largest absolute Gasteiger partial charge is 0.507 e. The molecule has 0 fully saturated rings. The summed E-state index contributed by atoms with van der Waals surface area (Å²) in [6.07, 6.45) is -1.65. The number of ketones is 1. The number of hydrogen-bond donors (Lipinski definition) is 1. The second kappa shape index (κ2) is 9.59. The Morgan fingerprint density at radius 2 is 1.56 bits per heavy atom. The van der Waals surface area contributed by atoms with Gasteiger partial charge in [-0.3, -0.25) is 4.79 Å². The minimum atomic E-state index is -0.610. The van der Waals surface area contributed by atoms with Gasteiger partial charge in [0.1, 0.15) is 34.7 Å². The molecule has 0 saturated heterocycles. The molecule has 1 aliphatic rings. The van der Waals surface area contributed by atoms with Crippen LogP contribution in [0.15, 0.2) is 36.4 Å². The molecular weight excluding hydrogens is 416 g/mol. The Labute approximate surface area is 186 Å². The topological polar surface area (TPSA) is 106 Å². The Kier molecular flexibility index (Phi) is 6.87. The van der Waals surface area contributed by atoms with Crippen molar-refractivity contribution >= 4 is 18.0 Å². The van der Waals surface area contributed by atoms with Crippen LogP contribution in [-0.2, 0) is 0 Å². The van der Waals surface area contributed by atoms with Gasteiger partial charge in [0, 0.05) is 39.3 Å². The van der Waals surface area contributed by atoms with E-state index in [0.717, 1.165) is 0 Å². The van der Waals surface area contributed by atoms with Crippen LogP contribution in [-0.4, -0.2) is 60.1 Å². The number of carbonyl (C=O) groups is 3. The SMILES string of the molecule is CCN(C)C(=O)Oc1ccc(C2CC(=O)c3c(O)cc(OC(=O)N(C)CC)cc3O2)cc1. The number of ether oxygens (including phenoxy) is 3. The molecule has 1 unspecified atom stereocenters. The number of hydrogen-bond acceptors (Lipinski definition) is 7. The van der Waals surface area contributed by atoms with Crippen LogP contribution < -0.4 is 14.2 Å². The van der Waals surface area contributed by atoms with E-state index >= 15 is 0 Å². The lowest BCUT2D eigenvalue weighted by Gasteiger charge is -2.26. The standard InChI is InChI=1S/C23H26N2O7/c1-5-24(3)22(28)30-15-9-7-14(8-10-15)19-13-18(27)21-17(26)11-16(12-20(21)32-19)31-23(29)25(4)6-2/h7-12,19,26H,5-6,13H2,1-4H3. The average Bonchev–Trinajstić information content (AvgIpc) is 2.77. The van der Waals surface area contributed by atoms with E-state index in [1.165, 1.54) is 21.9 Å². The molecule has 0 spiro atoms. The fourth-order valence-corrected chi connectivity index (χ4v) is 3.03. The number of nitrogens with zero attached hydrogens (tertiary/aromatic N) is 2. The summed E-state index contributed by atoms with van der Waals surface area (Å²) >= 11 is 0. The van der Waals surface area contributed by atoms with Crippen LogP contribution in [0.4, 0.5) is 9.59 Å². The van der Waals surface area contributed by atoms with E-state index in [9.17, 15) is 19.5 Å². The molecule has 0 bridgehead atoms. The van der Waals surface area contributed by atoms with Crippen LogP contribution in [0.25, 0.3) is 0 Å². The zero-order valence-corrected chi connectivity index (χ0v) is 18.5. The first-order valence-electron chi connectivity index (χ1n) is 10.3. The van der Waals surface area contributed by atoms with Crippen LogP contribution in [0, 0.1) is 0 Å². The quantitative estimate of drug-likeness (QED) is 0.746. The predicted octanol–water partition coefficient (Wildman–Crippen LogP) is 4.00. The summed E-state index contributed by atoms with van der Waals surface area (Å²) in [5.41, 5.74) is 0.748. The van der Waals surface area contributed by atoms with Gasteiger partial charge in [-0.25, -0.2) is 9.59 Å². The molecule has 170 valence electrons. The first-order valence-corrected chi connectivity index (χ1v) is 10.3. The van der Waals surface area contributed by atoms with Gasteiger partial charge < -0.3 is 29.1 Å². The lowest BCUT2D eigenvalue weighted by atomic mass is 9.95. The van der Waals surface area contributed by atoms with E-state index in [-0.39, 0.29) is 35.0 Å². The third kappa shape index (κ3) is 4.93. The van der Waals surface area contributed by atoms with Crippen LogP contribution in [0.3, 0.4) is 0 Å². The van der Waals surface area contributed by atoms with E-state index in [4.69, 9.17) is 14.2 Å². The second-order valence-corrected chi connectivity index (χ2v) is 7.38. The molecule has 9 heteroatoms. The van der Waals surface area contributed by atoms with Crippen molar-refractivity contribution in [3.8, 4) is 23.0 Å². The van der Waals surface area contributed by atoms with Gasteiger partial charge >= 0.3 is 12.2 Å². The number of carbonyl (C=O) groups excluding carboxylic acids is 3. The highest BCUT2D eigenvalue weighted by molar-refractivity contribution is 6.02. The summed E-state index contributed by atoms with van der Waals surface area (Å²) in [7, 11) is 3.22. The maximum absolute atomic E-state index is 12.7. The monoisotopic (exact) mass is 442 g/mol. The summed E-state index contributed by atoms with van der Waals surface area (Å²) in [5.74, 6) is -0.0309. The summed E-state index contributed by atoms with van der Waals surface area (Å²) in [4.78, 5) is 39.4. The molecule has 0 saturated carbocycles. The minimum Gasteiger partial charge on any atom is -0.507 e. The van der Waals surface area contributed by atoms with Gasteiger partial charge in [0.2, 0.25) is 0 Å². The maximum Gasteiger partial charge on any atom is 0.414 e. The van der Waals surface area contributed by atoms with Crippen LogP contribution in [0.1, 0.15) is 42.3 Å². The lowest BCUT2D eigenvalue weighted by molar-refractivity contribution is 0.0845. The van der Waals surface area contributed by atoms with Crippen LogP contribution >= 0.6 is 0 Å². The van der Waals surface area contributed by atoms with Crippen molar-refractivity contribution in [1.29, 1.82) is 0 Å². The predicted molar refractivity (Wildman–Crippen MR) is 116 cm³/mol. The van der Waals surface area contributed by atoms with Gasteiger partial charge in [0.05, 0.1) is 6.42 Å². The van der Waals surface area contributed by atoms with Crippen molar-refractivity contribution in [2.24, 2.45) is 0 Å². The fraction of sp³-hybridized carbons (Fsp3) is 0.348. The van der Waals surface area contributed by atoms with Crippen molar-refractivity contribution in [1.82, 2.24) is 9.80 Å². The number of phenols is 1. The van der Waals surface area contributed by atoms with Crippen molar-refractivity contribution in [2.75, 3.05) is 27.2 Å². The smallest absolute Gasteiger partial charge is 0.414 e. The van der Waals surface area contributed by atoms with E-state index in [1.54, 1.807) is 45.3 Å². The molecule has 2 aromatic rings. The molecule has 3 rings (SSSR count). The second-order valence-electron chi connectivity index (χ2n) is 7.38. The summed E-state index contributed by atoms with van der Waals surface area (Å²) in [6, 6.07) is 9.29. The molecule has 1 atom stereocenters. The Morgan fingerprint density at radius 3 is 2.12 bits per heavy atom. The average molecular weight is 442 g/mol. The van der Waals surface area contributed by atoms with Crippen molar-refractivity contribution in [2.45, 2.75) is 26.4 Å². The van der Waals surface area contributed by atoms with Gasteiger partial charge in [0.25, 0.3) is 0 Å². The van der Waals surface area contributed by atoms with Gasteiger partial charge in [-0.15, -0.1) is 0 Å². The van der Waals surface area contributed by atoms with Gasteiger partial charge in [-0.05, 0) is 31.5 Å². The molecule has 9 nitrogen and oxygen atoms in total. The molecule has 0 radical (unpaired) electrons. The molecule has 0 aromatic heterocycles. The van der Waals surface area contributed by atoms with E-state index in [1.807, 2.05) is 6.92 Å². The molecule has 1 heterocycles. The number of amides is 2. The molecule has 0 aliphatic carbocycles. The number of fused-ring (bicyclic) bond motifs is 1. The third-order valence-electron chi connectivity index (χ3n) is 5.21. The highest BCUT2D eigenvalue weighted by Crippen LogP contribution is 2.42.